The van der Waals surface area contributed by atoms with Crippen molar-refractivity contribution in [1.82, 2.24) is 4.98 Å². The van der Waals surface area contributed by atoms with Crippen molar-refractivity contribution >= 4 is 40.4 Å². The number of nitrogens with one attached hydrogen (secondary N) is 2. The Balaban J connectivity index is 2.30. The molecule has 1 aromatic carbocycles. The summed E-state index contributed by atoms with van der Waals surface area (Å²) in [6.07, 6.45) is 1.72. The van der Waals surface area contributed by atoms with Gasteiger partial charge in [0.2, 0.25) is 0 Å². The van der Waals surface area contributed by atoms with E-state index in [2.05, 4.69) is 15.6 Å². The minimum Gasteiger partial charge on any atom is -0.373 e. The van der Waals surface area contributed by atoms with E-state index in [1.807, 2.05) is 38.2 Å². The lowest BCUT2D eigenvalue weighted by molar-refractivity contribution is 1.28. The number of pyridine rings is 1. The zero-order chi connectivity index (χ0) is 13.1. The van der Waals surface area contributed by atoms with E-state index in [9.17, 15) is 0 Å². The Morgan fingerprint density at radius 3 is 2.61 bits per heavy atom. The lowest BCUT2D eigenvalue weighted by atomic mass is 10.2. The molecule has 3 nitrogen and oxygen atoms in total. The van der Waals surface area contributed by atoms with Crippen LogP contribution in [0.15, 0.2) is 30.5 Å². The van der Waals surface area contributed by atoms with Crippen molar-refractivity contribution in [1.29, 1.82) is 0 Å². The van der Waals surface area contributed by atoms with Gasteiger partial charge in [-0.15, -0.1) is 0 Å². The molecule has 0 saturated heterocycles. The van der Waals surface area contributed by atoms with Gasteiger partial charge in [0.15, 0.2) is 0 Å². The Bertz CT molecular complexity index is 570. The molecule has 1 aromatic heterocycles. The second kappa shape index (κ2) is 5.46. The van der Waals surface area contributed by atoms with E-state index in [1.165, 1.54) is 0 Å². The van der Waals surface area contributed by atoms with E-state index in [0.29, 0.717) is 10.0 Å². The Kier molecular flexibility index (Phi) is 3.94. The Morgan fingerprint density at radius 1 is 1.11 bits per heavy atom. The van der Waals surface area contributed by atoms with Crippen molar-refractivity contribution < 1.29 is 0 Å². The van der Waals surface area contributed by atoms with E-state index >= 15 is 0 Å². The van der Waals surface area contributed by atoms with Crippen LogP contribution in [0.5, 0.6) is 0 Å². The van der Waals surface area contributed by atoms with Crippen LogP contribution in [0.3, 0.4) is 0 Å². The zero-order valence-corrected chi connectivity index (χ0v) is 11.6. The molecular weight excluding hydrogens is 269 g/mol. The van der Waals surface area contributed by atoms with E-state index in [4.69, 9.17) is 23.2 Å². The van der Waals surface area contributed by atoms with Crippen LogP contribution >= 0.6 is 23.2 Å². The molecule has 94 valence electrons. The number of rotatable bonds is 3. The van der Waals surface area contributed by atoms with Crippen LogP contribution < -0.4 is 10.6 Å². The van der Waals surface area contributed by atoms with Crippen LogP contribution in [0.1, 0.15) is 5.56 Å². The summed E-state index contributed by atoms with van der Waals surface area (Å²) in [4.78, 5) is 4.14. The van der Waals surface area contributed by atoms with Gasteiger partial charge in [-0.05, 0) is 30.7 Å². The summed E-state index contributed by atoms with van der Waals surface area (Å²) in [6.45, 7) is 1.92. The van der Waals surface area contributed by atoms with Crippen molar-refractivity contribution in [3.8, 4) is 0 Å². The summed E-state index contributed by atoms with van der Waals surface area (Å²) in [5.41, 5.74) is 2.63. The highest BCUT2D eigenvalue weighted by atomic mass is 35.5. The first kappa shape index (κ1) is 13.0. The second-order valence-electron chi connectivity index (χ2n) is 3.89. The normalized spacial score (nSPS) is 10.2. The maximum Gasteiger partial charge on any atom is 0.127 e. The highest BCUT2D eigenvalue weighted by Crippen LogP contribution is 2.31. The fourth-order valence-electron chi connectivity index (χ4n) is 1.54. The summed E-state index contributed by atoms with van der Waals surface area (Å²) in [7, 11) is 1.82. The molecule has 0 saturated carbocycles. The minimum absolute atomic E-state index is 0.639. The van der Waals surface area contributed by atoms with Crippen molar-refractivity contribution in [3.63, 3.8) is 0 Å². The Hall–Kier alpha value is -1.45. The minimum atomic E-state index is 0.639. The summed E-state index contributed by atoms with van der Waals surface area (Å²) in [5, 5.41) is 7.52. The second-order valence-corrected chi connectivity index (χ2v) is 4.70. The first-order valence-corrected chi connectivity index (χ1v) is 6.22. The first-order chi connectivity index (χ1) is 8.60. The number of aromatic nitrogens is 1. The SMILES string of the molecule is CNc1cc(Nc2cc(Cl)c(C)cc2Cl)ccn1. The third-order valence-corrected chi connectivity index (χ3v) is 3.26. The molecule has 18 heavy (non-hydrogen) atoms. The maximum absolute atomic E-state index is 6.17. The van der Waals surface area contributed by atoms with Gasteiger partial charge in [-0.3, -0.25) is 0 Å². The van der Waals surface area contributed by atoms with Gasteiger partial charge in [-0.1, -0.05) is 23.2 Å². The lowest BCUT2D eigenvalue weighted by Crippen LogP contribution is -1.96. The number of hydrogen-bond acceptors (Lipinski definition) is 3. The summed E-state index contributed by atoms with van der Waals surface area (Å²) in [6, 6.07) is 7.42. The van der Waals surface area contributed by atoms with Gasteiger partial charge in [0, 0.05) is 30.0 Å². The molecule has 0 unspecified atom stereocenters. The Labute approximate surface area is 116 Å². The van der Waals surface area contributed by atoms with Gasteiger partial charge in [-0.2, -0.15) is 0 Å². The number of benzene rings is 1. The van der Waals surface area contributed by atoms with E-state index in [0.717, 1.165) is 22.8 Å². The molecular formula is C13H13Cl2N3. The summed E-state index contributed by atoms with van der Waals surface area (Å²) >= 11 is 12.3. The van der Waals surface area contributed by atoms with E-state index in [-0.39, 0.29) is 0 Å². The quantitative estimate of drug-likeness (QED) is 0.871. The van der Waals surface area contributed by atoms with E-state index in [1.54, 1.807) is 6.20 Å². The van der Waals surface area contributed by atoms with Crippen molar-refractivity contribution in [2.24, 2.45) is 0 Å². The van der Waals surface area contributed by atoms with E-state index < -0.39 is 0 Å². The largest absolute Gasteiger partial charge is 0.373 e. The number of halogens is 2. The molecule has 2 rings (SSSR count). The first-order valence-electron chi connectivity index (χ1n) is 5.46. The van der Waals surface area contributed by atoms with Gasteiger partial charge in [0.25, 0.3) is 0 Å². The van der Waals surface area contributed by atoms with Crippen LogP contribution in [0.4, 0.5) is 17.2 Å². The Morgan fingerprint density at radius 2 is 1.89 bits per heavy atom. The van der Waals surface area contributed by atoms with Crippen LogP contribution in [-0.4, -0.2) is 12.0 Å². The fraction of sp³-hybridized carbons (Fsp3) is 0.154. The van der Waals surface area contributed by atoms with Crippen molar-refractivity contribution in [2.75, 3.05) is 17.7 Å². The summed E-state index contributed by atoms with van der Waals surface area (Å²) < 4.78 is 0. The van der Waals surface area contributed by atoms with Gasteiger partial charge < -0.3 is 10.6 Å². The lowest BCUT2D eigenvalue weighted by Gasteiger charge is -2.11. The molecule has 5 heteroatoms. The molecule has 0 bridgehead atoms. The molecule has 0 atom stereocenters. The van der Waals surface area contributed by atoms with Crippen LogP contribution in [0.25, 0.3) is 0 Å². The van der Waals surface area contributed by atoms with Crippen molar-refractivity contribution in [3.05, 3.63) is 46.1 Å². The molecule has 0 aliphatic heterocycles. The molecule has 0 amide bonds. The predicted molar refractivity (Wildman–Crippen MR) is 78.3 cm³/mol. The van der Waals surface area contributed by atoms with Gasteiger partial charge >= 0.3 is 0 Å². The highest BCUT2D eigenvalue weighted by Gasteiger charge is 2.05. The van der Waals surface area contributed by atoms with Gasteiger partial charge in [0.1, 0.15) is 5.82 Å². The molecule has 2 N–H and O–H groups in total. The highest BCUT2D eigenvalue weighted by molar-refractivity contribution is 6.35. The smallest absolute Gasteiger partial charge is 0.127 e. The number of hydrogen-bond donors (Lipinski definition) is 2. The van der Waals surface area contributed by atoms with Crippen molar-refractivity contribution in [2.45, 2.75) is 6.92 Å². The predicted octanol–water partition coefficient (Wildman–Crippen LogP) is 4.48. The molecule has 0 aliphatic carbocycles. The molecule has 0 radical (unpaired) electrons. The average Bonchev–Trinajstić information content (AvgIpc) is 2.36. The fourth-order valence-corrected chi connectivity index (χ4v) is 1.97. The van der Waals surface area contributed by atoms with Crippen LogP contribution in [-0.2, 0) is 0 Å². The summed E-state index contributed by atoms with van der Waals surface area (Å²) in [5.74, 6) is 0.786. The van der Waals surface area contributed by atoms with Crippen LogP contribution in [0, 0.1) is 6.92 Å². The molecule has 2 aromatic rings. The number of anilines is 3. The topological polar surface area (TPSA) is 37.0 Å². The van der Waals surface area contributed by atoms with Gasteiger partial charge in [-0.25, -0.2) is 4.98 Å². The molecule has 0 aliphatic rings. The number of aryl methyl sites for hydroxylation is 1. The maximum atomic E-state index is 6.17. The van der Waals surface area contributed by atoms with Gasteiger partial charge in [0.05, 0.1) is 10.7 Å². The monoisotopic (exact) mass is 281 g/mol. The molecule has 0 fully saturated rings. The third kappa shape index (κ3) is 2.86. The average molecular weight is 282 g/mol. The van der Waals surface area contributed by atoms with Crippen LogP contribution in [0.2, 0.25) is 10.0 Å². The third-order valence-electron chi connectivity index (χ3n) is 2.54. The molecule has 0 spiro atoms. The number of nitrogens with zero attached hydrogens (tertiary/aromatic N) is 1. The zero-order valence-electron chi connectivity index (χ0n) is 10.1. The standard InChI is InChI=1S/C13H13Cl2N3/c1-8-5-11(15)12(7-10(8)14)18-9-3-4-17-13(6-9)16-2/h3-7H,1-2H3,(H2,16,17,18). The molecule has 1 heterocycles.